The van der Waals surface area contributed by atoms with Crippen LogP contribution in [-0.4, -0.2) is 89.2 Å². The minimum Gasteiger partial charge on any atom is -0.691 e. The van der Waals surface area contributed by atoms with E-state index in [1.54, 1.807) is 0 Å². The van der Waals surface area contributed by atoms with E-state index in [4.69, 9.17) is 5.26 Å². The third-order valence-electron chi connectivity index (χ3n) is 14.2. The zero-order valence-electron chi connectivity index (χ0n) is 58.0. The average molecular weight is 1620 g/mol. The number of nitrogens with zero attached hydrogens (tertiary/aromatic N) is 4. The van der Waals surface area contributed by atoms with Gasteiger partial charge in [-0.3, -0.25) is 23.0 Å². The van der Waals surface area contributed by atoms with E-state index in [1.165, 1.54) is 67.3 Å². The number of hydrogen-bond acceptors (Lipinski definition) is 4. The minimum atomic E-state index is -11.2. The number of para-hydroxylation sites is 4. The Balaban J connectivity index is 0.000000406. The molecule has 0 aromatic heterocycles. The molecular weight excluding hydrogens is 1530 g/mol. The smallest absolute Gasteiger partial charge is 0.470 e. The molecule has 1 radical (unpaired) electrons. The summed E-state index contributed by atoms with van der Waals surface area (Å²) in [5.41, 5.74) is 10.7. The van der Waals surface area contributed by atoms with Gasteiger partial charge in [0.1, 0.15) is 72.6 Å². The van der Waals surface area contributed by atoms with E-state index in [1.807, 2.05) is 0 Å². The quantitative estimate of drug-likeness (QED) is 0.0125. The first-order valence-corrected chi connectivity index (χ1v) is 38.9. The number of rotatable bonds is 14. The molecule has 9 aromatic rings. The van der Waals surface area contributed by atoms with Gasteiger partial charge in [0.05, 0.1) is 56.4 Å². The van der Waals surface area contributed by atoms with Gasteiger partial charge in [-0.05, 0) is 76.2 Å². The van der Waals surface area contributed by atoms with E-state index in [0.717, 1.165) is 52.0 Å². The molecule has 0 atom stereocenters. The SMILES string of the molecule is Cc1ccc(C[N+](C)(C)c2ccccc2)cc1.Cc1ccc(C[N+](C)(C)c2ccccc2)cc1.Cc1ccc(C[N+](C)(C)c2ccccc2)cc1.Cc1ccc(C[N+](C)(C)c2ccccc2)cc1.F[P-](F)(F)(F)(F)F.[BH2-]c1c(F)c(F)c(F)c(F)c1F.[F][Sb-]([F])([F])([F])([F])[F].[O-]OOSC(F)(F)F. The van der Waals surface area contributed by atoms with Crippen LogP contribution in [0.15, 0.2) is 218 Å². The third-order valence-corrected chi connectivity index (χ3v) is 14.5. The Morgan fingerprint density at radius 1 is 0.353 bits per heavy atom. The van der Waals surface area contributed by atoms with Gasteiger partial charge in [-0.25, -0.2) is 22.0 Å². The fraction of sp³-hybridized carbons (Fsp3) is 0.239. The van der Waals surface area contributed by atoms with Crippen molar-refractivity contribution in [3.63, 3.8) is 0 Å². The molecule has 31 heteroatoms. The second-order valence-electron chi connectivity index (χ2n) is 25.4. The number of hydrogen-bond donors (Lipinski definition) is 0. The number of benzene rings is 9. The van der Waals surface area contributed by atoms with Gasteiger partial charge in [0.2, 0.25) is 0 Å². The van der Waals surface area contributed by atoms with Crippen molar-refractivity contribution in [1.29, 1.82) is 0 Å². The minimum absolute atomic E-state index is 0.816. The number of alkyl halides is 3. The van der Waals surface area contributed by atoms with E-state index in [-0.39, 0.29) is 0 Å². The van der Waals surface area contributed by atoms with Crippen molar-refractivity contribution in [3.05, 3.63) is 292 Å². The van der Waals surface area contributed by atoms with Crippen LogP contribution in [0.4, 0.5) is 99.9 Å². The summed E-state index contributed by atoms with van der Waals surface area (Å²) >= 11 is -12.3. The van der Waals surface area contributed by atoms with E-state index in [9.17, 15) is 77.2 Å². The normalized spacial score (nSPS) is 13.0. The predicted octanol–water partition coefficient (Wildman–Crippen LogP) is 21.6. The Morgan fingerprint density at radius 3 is 0.667 bits per heavy atom. The van der Waals surface area contributed by atoms with Crippen molar-refractivity contribution in [1.82, 2.24) is 17.9 Å². The number of halogens is 20. The van der Waals surface area contributed by atoms with Gasteiger partial charge in [0.25, 0.3) is 0 Å². The van der Waals surface area contributed by atoms with Crippen molar-refractivity contribution in [2.75, 3.05) is 56.4 Å². The van der Waals surface area contributed by atoms with Crippen molar-refractivity contribution < 1.29 is 91.8 Å². The largest absolute Gasteiger partial charge is 0.691 e. The molecule has 0 saturated heterocycles. The summed E-state index contributed by atoms with van der Waals surface area (Å²) in [7, 11) is 8.12. The zero-order chi connectivity index (χ0) is 78.1. The maximum absolute atomic E-state index is 12.4. The fourth-order valence-electron chi connectivity index (χ4n) is 9.06. The summed E-state index contributed by atoms with van der Waals surface area (Å²) in [4.78, 5) is 0. The summed E-state index contributed by atoms with van der Waals surface area (Å²) in [5, 5.41) is 11.1. The molecule has 563 valence electrons. The van der Waals surface area contributed by atoms with Crippen LogP contribution in [0.3, 0.4) is 0 Å². The van der Waals surface area contributed by atoms with E-state index in [0.29, 0.717) is 0 Å². The number of quaternary nitrogens is 4. The molecular formula is C71H82BF20N4O3PSSb. The molecule has 102 heavy (non-hydrogen) atoms. The van der Waals surface area contributed by atoms with Crippen molar-refractivity contribution in [2.24, 2.45) is 0 Å². The molecule has 0 bridgehead atoms. The van der Waals surface area contributed by atoms with Crippen molar-refractivity contribution >= 4 is 75.4 Å². The summed E-state index contributed by atoms with van der Waals surface area (Å²) in [5.74, 6) is -9.52. The van der Waals surface area contributed by atoms with Gasteiger partial charge in [0, 0.05) is 22.3 Å². The van der Waals surface area contributed by atoms with Gasteiger partial charge < -0.3 is 5.26 Å². The van der Waals surface area contributed by atoms with Crippen molar-refractivity contribution in [2.45, 2.75) is 59.4 Å². The van der Waals surface area contributed by atoms with Crippen LogP contribution < -0.4 is 28.7 Å². The molecule has 0 aliphatic heterocycles. The van der Waals surface area contributed by atoms with E-state index < -0.39 is 79.4 Å². The van der Waals surface area contributed by atoms with Crippen LogP contribution in [-0.2, 0) is 35.6 Å². The van der Waals surface area contributed by atoms with Gasteiger partial charge >= 0.3 is 74.9 Å². The van der Waals surface area contributed by atoms with Crippen LogP contribution in [0.5, 0.6) is 0 Å². The van der Waals surface area contributed by atoms with E-state index >= 15 is 0 Å². The van der Waals surface area contributed by atoms with Crippen LogP contribution in [0.2, 0.25) is 0 Å². The molecule has 7 nitrogen and oxygen atoms in total. The first-order chi connectivity index (χ1) is 46.2. The fourth-order valence-corrected chi connectivity index (χ4v) is 9.16. The van der Waals surface area contributed by atoms with Crippen LogP contribution in [0.1, 0.15) is 44.5 Å². The second kappa shape index (κ2) is 36.1. The first kappa shape index (κ1) is 91.0. The summed E-state index contributed by atoms with van der Waals surface area (Å²) in [6, 6.07) is 77.8. The Bertz CT molecular complexity index is 3440. The summed E-state index contributed by atoms with van der Waals surface area (Å²) < 4.78 is 219. The molecule has 0 amide bonds. The molecule has 0 fully saturated rings. The topological polar surface area (TPSA) is 41.5 Å². The van der Waals surface area contributed by atoms with Crippen LogP contribution in [0.25, 0.3) is 0 Å². The summed E-state index contributed by atoms with van der Waals surface area (Å²) in [6.45, 7) is 12.6. The standard InChI is InChI=1S/4C16H20N.C6H2BF5.CHF3O3S.F6P.6FH.Sb/c4*1-14-9-11-15(12-10-14)13-17(2,3)16-7-5-4-6-8-16;7-1-2(8)4(10)6(12)5(11)3(1)9;2-1(3,4)8-7-6-5;1-7(2,3,4,5)6;;;;;;;/h4*4-12H,13H2,1-3H3;7H2;5H;;6*1H;/q4*+1;-1;;-1;;;;;;;+5/p-7. The molecule has 0 aliphatic carbocycles. The van der Waals surface area contributed by atoms with Gasteiger partial charge in [-0.15, -0.1) is 7.85 Å². The molecule has 0 N–H and O–H groups in total. The maximum atomic E-state index is 12.4. The molecule has 0 heterocycles. The monoisotopic (exact) mass is 1610 g/mol. The Kier molecular flexibility index (Phi) is 32.2. The van der Waals surface area contributed by atoms with E-state index in [2.05, 4.69) is 312 Å². The Morgan fingerprint density at radius 2 is 0.520 bits per heavy atom. The molecule has 0 spiro atoms. The zero-order valence-corrected chi connectivity index (χ0v) is 62.3. The summed E-state index contributed by atoms with van der Waals surface area (Å²) in [6.07, 6.45) is 0. The van der Waals surface area contributed by atoms with Crippen LogP contribution in [0, 0.1) is 56.8 Å². The molecule has 0 aliphatic rings. The molecule has 9 aromatic carbocycles. The second-order valence-corrected chi connectivity index (χ2v) is 33.6. The maximum Gasteiger partial charge on any atom is 0.470 e. The number of aryl methyl sites for hydroxylation is 4. The average Bonchev–Trinajstić information content (AvgIpc) is 0.788. The van der Waals surface area contributed by atoms with Crippen LogP contribution >= 0.6 is 19.9 Å². The third kappa shape index (κ3) is 41.3. The van der Waals surface area contributed by atoms with Gasteiger partial charge in [-0.1, -0.05) is 192 Å². The van der Waals surface area contributed by atoms with Crippen molar-refractivity contribution in [3.8, 4) is 0 Å². The Labute approximate surface area is 589 Å². The Hall–Kier alpha value is -7.04. The molecule has 0 unspecified atom stereocenters. The predicted molar refractivity (Wildman–Crippen MR) is 376 cm³/mol. The first-order valence-electron chi connectivity index (χ1n) is 30.3. The molecule has 0 saturated carbocycles. The van der Waals surface area contributed by atoms with Gasteiger partial charge in [0.15, 0.2) is 17.5 Å². The molecule has 9 rings (SSSR count). The van der Waals surface area contributed by atoms with Gasteiger partial charge in [-0.2, -0.15) is 23.0 Å².